The van der Waals surface area contributed by atoms with Crippen molar-refractivity contribution < 1.29 is 5.11 Å². The number of phenols is 1. The predicted octanol–water partition coefficient (Wildman–Crippen LogP) is 3.74. The van der Waals surface area contributed by atoms with Crippen molar-refractivity contribution in [3.05, 3.63) is 58.7 Å². The van der Waals surface area contributed by atoms with E-state index in [4.69, 9.17) is 6.42 Å². The van der Waals surface area contributed by atoms with E-state index in [-0.39, 0.29) is 5.75 Å². The number of hydrogen-bond donors (Lipinski definition) is 1. The first-order chi connectivity index (χ1) is 9.10. The zero-order valence-electron chi connectivity index (χ0n) is 11.0. The van der Waals surface area contributed by atoms with Crippen molar-refractivity contribution in [1.29, 1.82) is 0 Å². The molecule has 0 radical (unpaired) electrons. The van der Waals surface area contributed by atoms with Gasteiger partial charge in [0.25, 0.3) is 0 Å². The molecule has 0 fully saturated rings. The third kappa shape index (κ3) is 3.02. The lowest BCUT2D eigenvalue weighted by atomic mass is 10.1. The standard InChI is InChI=1S/C17H15NO/c1-4-14-6-5-7-16(10-14)18-11-15-9-12(2)8-13(3)17(15)19/h1,5-11,19H,2-3H3. The molecule has 0 amide bonds. The highest BCUT2D eigenvalue weighted by molar-refractivity contribution is 5.86. The molecular weight excluding hydrogens is 234 g/mol. The van der Waals surface area contributed by atoms with E-state index in [1.165, 1.54) is 0 Å². The summed E-state index contributed by atoms with van der Waals surface area (Å²) in [5.74, 6) is 2.84. The average molecular weight is 249 g/mol. The molecule has 0 saturated carbocycles. The van der Waals surface area contributed by atoms with Crippen LogP contribution in [0.4, 0.5) is 5.69 Å². The molecule has 0 saturated heterocycles. The Morgan fingerprint density at radius 1 is 1.21 bits per heavy atom. The Hall–Kier alpha value is -2.53. The van der Waals surface area contributed by atoms with E-state index < -0.39 is 0 Å². The summed E-state index contributed by atoms with van der Waals surface area (Å²) in [7, 11) is 0. The molecule has 0 aliphatic rings. The Morgan fingerprint density at radius 3 is 2.74 bits per heavy atom. The maximum Gasteiger partial charge on any atom is 0.127 e. The Morgan fingerprint density at radius 2 is 2.00 bits per heavy atom. The van der Waals surface area contributed by atoms with Crippen molar-refractivity contribution in [1.82, 2.24) is 0 Å². The normalized spacial score (nSPS) is 10.6. The maximum absolute atomic E-state index is 9.98. The Kier molecular flexibility index (Phi) is 3.68. The number of nitrogens with zero attached hydrogens (tertiary/aromatic N) is 1. The first-order valence-electron chi connectivity index (χ1n) is 6.01. The molecule has 94 valence electrons. The molecular formula is C17H15NO. The van der Waals surface area contributed by atoms with E-state index in [2.05, 4.69) is 10.9 Å². The van der Waals surface area contributed by atoms with Gasteiger partial charge in [-0.3, -0.25) is 4.99 Å². The average Bonchev–Trinajstić information content (AvgIpc) is 2.41. The van der Waals surface area contributed by atoms with Crippen molar-refractivity contribution in [3.63, 3.8) is 0 Å². The first kappa shape index (κ1) is 12.9. The molecule has 0 unspecified atom stereocenters. The smallest absolute Gasteiger partial charge is 0.127 e. The molecule has 0 aliphatic carbocycles. The Balaban J connectivity index is 2.35. The molecule has 0 aliphatic heterocycles. The quantitative estimate of drug-likeness (QED) is 0.638. The van der Waals surface area contributed by atoms with E-state index in [9.17, 15) is 5.11 Å². The van der Waals surface area contributed by atoms with E-state index in [1.807, 2.05) is 50.2 Å². The summed E-state index contributed by atoms with van der Waals surface area (Å²) in [4.78, 5) is 4.35. The lowest BCUT2D eigenvalue weighted by molar-refractivity contribution is 0.470. The van der Waals surface area contributed by atoms with Crippen LogP contribution in [0.3, 0.4) is 0 Å². The second-order valence-corrected chi connectivity index (χ2v) is 4.47. The minimum absolute atomic E-state index is 0.266. The highest BCUT2D eigenvalue weighted by Crippen LogP contribution is 2.23. The molecule has 2 nitrogen and oxygen atoms in total. The molecule has 0 bridgehead atoms. The minimum atomic E-state index is 0.266. The van der Waals surface area contributed by atoms with Crippen LogP contribution in [0.5, 0.6) is 5.75 Å². The summed E-state index contributed by atoms with van der Waals surface area (Å²) in [5, 5.41) is 9.98. The van der Waals surface area contributed by atoms with Gasteiger partial charge in [0.05, 0.1) is 5.69 Å². The predicted molar refractivity (Wildman–Crippen MR) is 79.2 cm³/mol. The molecule has 0 aromatic heterocycles. The third-order valence-electron chi connectivity index (χ3n) is 2.84. The second-order valence-electron chi connectivity index (χ2n) is 4.47. The highest BCUT2D eigenvalue weighted by atomic mass is 16.3. The van der Waals surface area contributed by atoms with E-state index in [0.29, 0.717) is 5.56 Å². The molecule has 0 atom stereocenters. The number of terminal acetylenes is 1. The van der Waals surface area contributed by atoms with Crippen LogP contribution in [-0.2, 0) is 0 Å². The summed E-state index contributed by atoms with van der Waals surface area (Å²) in [6.45, 7) is 3.86. The SMILES string of the molecule is C#Cc1cccc(N=Cc2cc(C)cc(C)c2O)c1. The van der Waals surface area contributed by atoms with Gasteiger partial charge in [0, 0.05) is 17.3 Å². The van der Waals surface area contributed by atoms with Crippen LogP contribution in [-0.4, -0.2) is 11.3 Å². The fraction of sp³-hybridized carbons (Fsp3) is 0.118. The molecule has 2 aromatic carbocycles. The largest absolute Gasteiger partial charge is 0.507 e. The second kappa shape index (κ2) is 5.41. The number of aryl methyl sites for hydroxylation is 2. The minimum Gasteiger partial charge on any atom is -0.507 e. The van der Waals surface area contributed by atoms with Gasteiger partial charge in [0.15, 0.2) is 0 Å². The Bertz CT molecular complexity index is 678. The van der Waals surface area contributed by atoms with Crippen LogP contribution in [0, 0.1) is 26.2 Å². The summed E-state index contributed by atoms with van der Waals surface area (Å²) in [5.41, 5.74) is 4.21. The maximum atomic E-state index is 9.98. The number of aliphatic imine (C=N–C) groups is 1. The Labute approximate surface area is 113 Å². The van der Waals surface area contributed by atoms with Gasteiger partial charge >= 0.3 is 0 Å². The summed E-state index contributed by atoms with van der Waals surface area (Å²) in [6, 6.07) is 11.3. The summed E-state index contributed by atoms with van der Waals surface area (Å²) >= 11 is 0. The highest BCUT2D eigenvalue weighted by Gasteiger charge is 2.03. The van der Waals surface area contributed by atoms with Crippen molar-refractivity contribution in [3.8, 4) is 18.1 Å². The van der Waals surface area contributed by atoms with Crippen LogP contribution in [0.1, 0.15) is 22.3 Å². The molecule has 2 heteroatoms. The van der Waals surface area contributed by atoms with Crippen molar-refractivity contribution in [2.75, 3.05) is 0 Å². The van der Waals surface area contributed by atoms with Crippen LogP contribution in [0.2, 0.25) is 0 Å². The van der Waals surface area contributed by atoms with Gasteiger partial charge in [-0.1, -0.05) is 18.1 Å². The van der Waals surface area contributed by atoms with Gasteiger partial charge in [-0.15, -0.1) is 6.42 Å². The zero-order valence-corrected chi connectivity index (χ0v) is 11.0. The first-order valence-corrected chi connectivity index (χ1v) is 6.01. The number of hydrogen-bond acceptors (Lipinski definition) is 2. The van der Waals surface area contributed by atoms with E-state index >= 15 is 0 Å². The number of rotatable bonds is 2. The van der Waals surface area contributed by atoms with Crippen molar-refractivity contribution in [2.45, 2.75) is 13.8 Å². The van der Waals surface area contributed by atoms with Crippen LogP contribution in [0.25, 0.3) is 0 Å². The fourth-order valence-electron chi connectivity index (χ4n) is 1.91. The lowest BCUT2D eigenvalue weighted by Gasteiger charge is -2.04. The zero-order chi connectivity index (χ0) is 13.8. The fourth-order valence-corrected chi connectivity index (χ4v) is 1.91. The number of phenolic OH excluding ortho intramolecular Hbond substituents is 1. The molecule has 19 heavy (non-hydrogen) atoms. The van der Waals surface area contributed by atoms with Crippen LogP contribution >= 0.6 is 0 Å². The van der Waals surface area contributed by atoms with Gasteiger partial charge in [-0.25, -0.2) is 0 Å². The van der Waals surface area contributed by atoms with Gasteiger partial charge in [-0.05, 0) is 49.2 Å². The third-order valence-corrected chi connectivity index (χ3v) is 2.84. The monoisotopic (exact) mass is 249 g/mol. The topological polar surface area (TPSA) is 32.6 Å². The molecule has 2 aromatic rings. The van der Waals surface area contributed by atoms with Gasteiger partial charge < -0.3 is 5.11 Å². The molecule has 2 rings (SSSR count). The van der Waals surface area contributed by atoms with Gasteiger partial charge in [0.1, 0.15) is 5.75 Å². The van der Waals surface area contributed by atoms with Gasteiger partial charge in [0.2, 0.25) is 0 Å². The van der Waals surface area contributed by atoms with Crippen molar-refractivity contribution >= 4 is 11.9 Å². The number of benzene rings is 2. The van der Waals surface area contributed by atoms with Crippen LogP contribution < -0.4 is 0 Å². The molecule has 0 spiro atoms. The van der Waals surface area contributed by atoms with Crippen LogP contribution in [0.15, 0.2) is 41.4 Å². The molecule has 0 heterocycles. The van der Waals surface area contributed by atoms with Crippen molar-refractivity contribution in [2.24, 2.45) is 4.99 Å². The van der Waals surface area contributed by atoms with Gasteiger partial charge in [-0.2, -0.15) is 0 Å². The van der Waals surface area contributed by atoms with E-state index in [0.717, 1.165) is 22.4 Å². The van der Waals surface area contributed by atoms with E-state index in [1.54, 1.807) is 6.21 Å². The number of aromatic hydroxyl groups is 1. The lowest BCUT2D eigenvalue weighted by Crippen LogP contribution is -1.88. The summed E-state index contributed by atoms with van der Waals surface area (Å²) in [6.07, 6.45) is 7.01. The summed E-state index contributed by atoms with van der Waals surface area (Å²) < 4.78 is 0. The molecule has 1 N–H and O–H groups in total.